The van der Waals surface area contributed by atoms with Crippen LogP contribution in [0.2, 0.25) is 0 Å². The van der Waals surface area contributed by atoms with E-state index in [0.717, 1.165) is 12.8 Å². The lowest BCUT2D eigenvalue weighted by Gasteiger charge is -2.04. The molecule has 0 amide bonds. The van der Waals surface area contributed by atoms with Crippen LogP contribution in [0.25, 0.3) is 0 Å². The first-order chi connectivity index (χ1) is 11.7. The standard InChI is InChI=1S/C20H32O4/c1-2-3-4-5-6-7-8-9-10-13-16-19(24-23)17-14-11-12-15-18-20(21)22/h6-7,9-11,13-14,16,19,23H,2-5,8,12,15,17-18H2,1H3,(H,21,22)/p-1/b7-6-,10-9-,14-11-,16-13+/t19-/m0/s1. The number of allylic oxidation sites excluding steroid dienone is 6. The molecule has 0 aromatic carbocycles. The normalized spacial score (nSPS) is 13.8. The number of unbranched alkanes of at least 4 members (excludes halogenated alkanes) is 4. The zero-order valence-corrected chi connectivity index (χ0v) is 14.7. The van der Waals surface area contributed by atoms with E-state index in [4.69, 9.17) is 5.26 Å². The predicted octanol–water partition coefficient (Wildman–Crippen LogP) is 4.35. The highest BCUT2D eigenvalue weighted by Crippen LogP contribution is 2.04. The van der Waals surface area contributed by atoms with Gasteiger partial charge < -0.3 is 9.90 Å². The predicted molar refractivity (Wildman–Crippen MR) is 96.3 cm³/mol. The third-order valence-corrected chi connectivity index (χ3v) is 3.41. The fourth-order valence-corrected chi connectivity index (χ4v) is 2.02. The lowest BCUT2D eigenvalue weighted by Crippen LogP contribution is -2.21. The van der Waals surface area contributed by atoms with Gasteiger partial charge >= 0.3 is 0 Å². The van der Waals surface area contributed by atoms with Gasteiger partial charge in [-0.15, -0.1) is 0 Å². The molecule has 0 spiro atoms. The molecule has 0 aromatic rings. The number of hydrogen-bond acceptors (Lipinski definition) is 4. The summed E-state index contributed by atoms with van der Waals surface area (Å²) in [5.74, 6) is -1.02. The fraction of sp³-hybridized carbons (Fsp3) is 0.550. The topological polar surface area (TPSA) is 69.6 Å². The second-order valence-electron chi connectivity index (χ2n) is 5.63. The van der Waals surface area contributed by atoms with Gasteiger partial charge in [-0.3, -0.25) is 5.26 Å². The third-order valence-electron chi connectivity index (χ3n) is 3.41. The number of carbonyl (C=O) groups excluding carboxylic acids is 1. The van der Waals surface area contributed by atoms with Crippen LogP contribution in [0.4, 0.5) is 0 Å². The van der Waals surface area contributed by atoms with E-state index in [2.05, 4.69) is 30.0 Å². The molecule has 1 atom stereocenters. The molecule has 136 valence electrons. The zero-order valence-electron chi connectivity index (χ0n) is 14.7. The van der Waals surface area contributed by atoms with E-state index in [0.29, 0.717) is 19.3 Å². The summed E-state index contributed by atoms with van der Waals surface area (Å²) in [6.45, 7) is 2.20. The Morgan fingerprint density at radius 1 is 1.04 bits per heavy atom. The van der Waals surface area contributed by atoms with Crippen LogP contribution in [0.15, 0.2) is 48.6 Å². The molecule has 0 aliphatic rings. The number of aliphatic carboxylic acids is 1. The molecule has 0 aliphatic carbocycles. The van der Waals surface area contributed by atoms with Crippen LogP contribution >= 0.6 is 0 Å². The maximum atomic E-state index is 10.3. The summed E-state index contributed by atoms with van der Waals surface area (Å²) in [6, 6.07) is 0. The summed E-state index contributed by atoms with van der Waals surface area (Å²) in [6.07, 6.45) is 23.1. The van der Waals surface area contributed by atoms with Crippen LogP contribution in [0.5, 0.6) is 0 Å². The van der Waals surface area contributed by atoms with Crippen molar-refractivity contribution in [1.82, 2.24) is 0 Å². The summed E-state index contributed by atoms with van der Waals surface area (Å²) < 4.78 is 0. The lowest BCUT2D eigenvalue weighted by atomic mass is 10.1. The van der Waals surface area contributed by atoms with Gasteiger partial charge in [-0.25, -0.2) is 4.89 Å². The second kappa shape index (κ2) is 17.7. The summed E-state index contributed by atoms with van der Waals surface area (Å²) in [5.41, 5.74) is 0. The summed E-state index contributed by atoms with van der Waals surface area (Å²) in [4.78, 5) is 14.6. The monoisotopic (exact) mass is 335 g/mol. The van der Waals surface area contributed by atoms with E-state index < -0.39 is 12.1 Å². The average Bonchev–Trinajstić information content (AvgIpc) is 2.57. The van der Waals surface area contributed by atoms with Crippen LogP contribution in [0.1, 0.15) is 64.7 Å². The van der Waals surface area contributed by atoms with E-state index in [1.807, 2.05) is 24.3 Å². The Morgan fingerprint density at radius 3 is 2.50 bits per heavy atom. The molecule has 0 bridgehead atoms. The molecule has 0 rings (SSSR count). The molecule has 0 fully saturated rings. The molecule has 4 nitrogen and oxygen atoms in total. The van der Waals surface area contributed by atoms with Gasteiger partial charge in [-0.1, -0.05) is 68.4 Å². The number of carboxylic acids is 1. The SMILES string of the molecule is CCCCC/C=C\C/C=C\C=C\[C@@H](C/C=C\CCCC(=O)[O-])OO. The van der Waals surface area contributed by atoms with Gasteiger partial charge in [-0.2, -0.15) is 0 Å². The molecule has 0 aliphatic heterocycles. The van der Waals surface area contributed by atoms with Crippen molar-refractivity contribution in [3.8, 4) is 0 Å². The van der Waals surface area contributed by atoms with Crippen LogP contribution in [0.3, 0.4) is 0 Å². The van der Waals surface area contributed by atoms with Crippen molar-refractivity contribution in [2.45, 2.75) is 70.8 Å². The van der Waals surface area contributed by atoms with Crippen molar-refractivity contribution in [1.29, 1.82) is 0 Å². The van der Waals surface area contributed by atoms with Crippen molar-refractivity contribution >= 4 is 5.97 Å². The summed E-state index contributed by atoms with van der Waals surface area (Å²) in [5, 5.41) is 19.1. The Balaban J connectivity index is 3.81. The fourth-order valence-electron chi connectivity index (χ4n) is 2.02. The molecule has 4 heteroatoms. The molecule has 0 saturated carbocycles. The molecule has 24 heavy (non-hydrogen) atoms. The Kier molecular flexibility index (Phi) is 16.5. The number of carbonyl (C=O) groups is 1. The van der Waals surface area contributed by atoms with Gasteiger partial charge in [0.15, 0.2) is 0 Å². The largest absolute Gasteiger partial charge is 0.550 e. The van der Waals surface area contributed by atoms with Crippen molar-refractivity contribution in [2.75, 3.05) is 0 Å². The minimum absolute atomic E-state index is 0.0714. The molecular formula is C20H31O4-. The summed E-state index contributed by atoms with van der Waals surface area (Å²) in [7, 11) is 0. The Labute approximate surface area is 146 Å². The minimum Gasteiger partial charge on any atom is -0.550 e. The highest BCUT2D eigenvalue weighted by molar-refractivity contribution is 5.64. The number of hydrogen-bond donors (Lipinski definition) is 1. The van der Waals surface area contributed by atoms with E-state index in [1.165, 1.54) is 19.3 Å². The lowest BCUT2D eigenvalue weighted by molar-refractivity contribution is -0.305. The molecule has 0 aromatic heterocycles. The maximum Gasteiger partial charge on any atom is 0.115 e. The first-order valence-electron chi connectivity index (χ1n) is 8.84. The van der Waals surface area contributed by atoms with Crippen LogP contribution < -0.4 is 5.11 Å². The van der Waals surface area contributed by atoms with Crippen LogP contribution in [-0.2, 0) is 9.68 Å². The highest BCUT2D eigenvalue weighted by atomic mass is 17.1. The molecule has 1 N–H and O–H groups in total. The Morgan fingerprint density at radius 2 is 1.79 bits per heavy atom. The molecule has 0 heterocycles. The van der Waals surface area contributed by atoms with Crippen molar-refractivity contribution in [3.63, 3.8) is 0 Å². The second-order valence-corrected chi connectivity index (χ2v) is 5.63. The molecular weight excluding hydrogens is 304 g/mol. The van der Waals surface area contributed by atoms with Gasteiger partial charge in [0.2, 0.25) is 0 Å². The first kappa shape index (κ1) is 22.4. The highest BCUT2D eigenvalue weighted by Gasteiger charge is 1.99. The van der Waals surface area contributed by atoms with Gasteiger partial charge in [-0.05, 0) is 44.9 Å². The van der Waals surface area contributed by atoms with Crippen molar-refractivity contribution in [3.05, 3.63) is 48.6 Å². The first-order valence-corrected chi connectivity index (χ1v) is 8.84. The van der Waals surface area contributed by atoms with E-state index in [1.54, 1.807) is 6.08 Å². The molecule has 0 saturated heterocycles. The van der Waals surface area contributed by atoms with E-state index in [-0.39, 0.29) is 6.42 Å². The minimum atomic E-state index is -1.02. The van der Waals surface area contributed by atoms with E-state index in [9.17, 15) is 9.90 Å². The average molecular weight is 335 g/mol. The number of rotatable bonds is 15. The van der Waals surface area contributed by atoms with E-state index >= 15 is 0 Å². The van der Waals surface area contributed by atoms with Crippen LogP contribution in [-0.4, -0.2) is 17.3 Å². The molecule has 0 radical (unpaired) electrons. The van der Waals surface area contributed by atoms with Gasteiger partial charge in [0.05, 0.1) is 0 Å². The van der Waals surface area contributed by atoms with Crippen molar-refractivity contribution in [2.24, 2.45) is 0 Å². The smallest absolute Gasteiger partial charge is 0.115 e. The van der Waals surface area contributed by atoms with Gasteiger partial charge in [0.25, 0.3) is 0 Å². The summed E-state index contributed by atoms with van der Waals surface area (Å²) >= 11 is 0. The zero-order chi connectivity index (χ0) is 17.9. The third kappa shape index (κ3) is 16.7. The quantitative estimate of drug-likeness (QED) is 0.159. The van der Waals surface area contributed by atoms with Gasteiger partial charge in [0, 0.05) is 5.97 Å². The van der Waals surface area contributed by atoms with Crippen molar-refractivity contribution < 1.29 is 20.0 Å². The Hall–Kier alpha value is -1.65. The number of carboxylic acid groups (broad SMARTS) is 1. The molecule has 0 unspecified atom stereocenters. The Bertz CT molecular complexity index is 408. The maximum absolute atomic E-state index is 10.3. The van der Waals surface area contributed by atoms with Crippen LogP contribution in [0, 0.1) is 0 Å². The van der Waals surface area contributed by atoms with Gasteiger partial charge in [0.1, 0.15) is 6.10 Å².